The number of nitrogens with zero attached hydrogens (tertiary/aromatic N) is 4. The molecule has 156 valence electrons. The molecule has 1 aliphatic heterocycles. The molecule has 0 bridgehead atoms. The number of rotatable bonds is 6. The summed E-state index contributed by atoms with van der Waals surface area (Å²) in [4.78, 5) is 11.6. The van der Waals surface area contributed by atoms with Crippen LogP contribution in [-0.4, -0.2) is 31.1 Å². The summed E-state index contributed by atoms with van der Waals surface area (Å²) in [6.07, 6.45) is 5.96. The van der Waals surface area contributed by atoms with Gasteiger partial charge < -0.3 is 14.8 Å². The van der Waals surface area contributed by atoms with Crippen molar-refractivity contribution in [3.8, 4) is 5.82 Å². The zero-order chi connectivity index (χ0) is 21.3. The Morgan fingerprint density at radius 3 is 2.60 bits per heavy atom. The zero-order valence-corrected chi connectivity index (χ0v) is 18.9. The number of aryl methyl sites for hydroxylation is 2. The van der Waals surface area contributed by atoms with E-state index in [1.54, 1.807) is 0 Å². The van der Waals surface area contributed by atoms with Crippen LogP contribution >= 0.6 is 12.2 Å². The standard InChI is InChI=1S/C24H29N5S/c1-5-6-13-28-23(22(27-24(28)30)20-9-7-8-11-25-20)19-15-17(3)29(18(19)4)21-14-16(2)10-12-26-21/h7-12,14-15,22-23H,5-6,13H2,1-4H3,(H,27,30)/t22-,23-/m0/s1. The van der Waals surface area contributed by atoms with Crippen LogP contribution in [0.2, 0.25) is 0 Å². The van der Waals surface area contributed by atoms with Gasteiger partial charge in [-0.3, -0.25) is 4.98 Å². The summed E-state index contributed by atoms with van der Waals surface area (Å²) in [7, 11) is 0. The maximum atomic E-state index is 5.77. The number of pyridine rings is 2. The molecule has 0 amide bonds. The smallest absolute Gasteiger partial charge is 0.170 e. The lowest BCUT2D eigenvalue weighted by molar-refractivity contribution is 0.312. The van der Waals surface area contributed by atoms with Crippen molar-refractivity contribution in [3.05, 3.63) is 77.0 Å². The van der Waals surface area contributed by atoms with Gasteiger partial charge in [0.25, 0.3) is 0 Å². The van der Waals surface area contributed by atoms with Crippen LogP contribution in [0.5, 0.6) is 0 Å². The molecule has 1 N–H and O–H groups in total. The Bertz CT molecular complexity index is 1040. The summed E-state index contributed by atoms with van der Waals surface area (Å²) in [6, 6.07) is 12.6. The van der Waals surface area contributed by atoms with Crippen LogP contribution < -0.4 is 5.32 Å². The van der Waals surface area contributed by atoms with Gasteiger partial charge in [-0.2, -0.15) is 0 Å². The SMILES string of the molecule is CCCCN1C(=S)N[C@@H](c2ccccn2)[C@@H]1c1cc(C)n(-c2cc(C)ccn2)c1C. The highest BCUT2D eigenvalue weighted by Gasteiger charge is 2.41. The minimum Gasteiger partial charge on any atom is -0.352 e. The van der Waals surface area contributed by atoms with Gasteiger partial charge in [0.2, 0.25) is 0 Å². The first-order valence-corrected chi connectivity index (χ1v) is 11.0. The summed E-state index contributed by atoms with van der Waals surface area (Å²) < 4.78 is 2.25. The van der Waals surface area contributed by atoms with Gasteiger partial charge in [0.15, 0.2) is 5.11 Å². The number of thiocarbonyl (C=S) groups is 1. The van der Waals surface area contributed by atoms with Gasteiger partial charge in [0, 0.05) is 30.3 Å². The fourth-order valence-electron chi connectivity index (χ4n) is 4.40. The van der Waals surface area contributed by atoms with E-state index in [4.69, 9.17) is 12.2 Å². The second-order valence-electron chi connectivity index (χ2n) is 8.03. The highest BCUT2D eigenvalue weighted by atomic mass is 32.1. The predicted octanol–water partition coefficient (Wildman–Crippen LogP) is 4.97. The number of hydrogen-bond acceptors (Lipinski definition) is 3. The van der Waals surface area contributed by atoms with Crippen LogP contribution in [-0.2, 0) is 0 Å². The third-order valence-electron chi connectivity index (χ3n) is 5.87. The molecule has 1 fully saturated rings. The molecule has 0 spiro atoms. The normalized spacial score (nSPS) is 18.7. The Balaban J connectivity index is 1.82. The molecule has 6 heteroatoms. The minimum absolute atomic E-state index is 0.0231. The fourth-order valence-corrected chi connectivity index (χ4v) is 4.73. The number of unbranched alkanes of at least 4 members (excludes halogenated alkanes) is 1. The van der Waals surface area contributed by atoms with E-state index < -0.39 is 0 Å². The molecule has 1 aliphatic rings. The van der Waals surface area contributed by atoms with Crippen molar-refractivity contribution in [3.63, 3.8) is 0 Å². The molecule has 0 saturated carbocycles. The van der Waals surface area contributed by atoms with Crippen molar-refractivity contribution in [1.29, 1.82) is 0 Å². The van der Waals surface area contributed by atoms with Crippen LogP contribution in [0.25, 0.3) is 5.82 Å². The van der Waals surface area contributed by atoms with Crippen molar-refractivity contribution >= 4 is 17.3 Å². The summed E-state index contributed by atoms with van der Waals surface area (Å²) >= 11 is 5.77. The third kappa shape index (κ3) is 3.72. The highest BCUT2D eigenvalue weighted by Crippen LogP contribution is 2.41. The third-order valence-corrected chi connectivity index (χ3v) is 6.22. The first kappa shape index (κ1) is 20.5. The molecule has 3 aromatic heterocycles. The Labute approximate surface area is 184 Å². The van der Waals surface area contributed by atoms with Crippen molar-refractivity contribution in [2.45, 2.75) is 52.6 Å². The molecular weight excluding hydrogens is 390 g/mol. The summed E-state index contributed by atoms with van der Waals surface area (Å²) in [5.74, 6) is 0.958. The van der Waals surface area contributed by atoms with Crippen LogP contribution in [0.1, 0.15) is 60.1 Å². The Morgan fingerprint density at radius 2 is 1.90 bits per heavy atom. The summed E-state index contributed by atoms with van der Waals surface area (Å²) in [5, 5.41) is 4.36. The number of nitrogens with one attached hydrogen (secondary N) is 1. The van der Waals surface area contributed by atoms with Crippen molar-refractivity contribution < 1.29 is 0 Å². The summed E-state index contributed by atoms with van der Waals surface area (Å²) in [6.45, 7) is 9.58. The predicted molar refractivity (Wildman–Crippen MR) is 125 cm³/mol. The lowest BCUT2D eigenvalue weighted by Crippen LogP contribution is -2.30. The van der Waals surface area contributed by atoms with Gasteiger partial charge in [-0.15, -0.1) is 0 Å². The van der Waals surface area contributed by atoms with E-state index in [-0.39, 0.29) is 12.1 Å². The average Bonchev–Trinajstić information content (AvgIpc) is 3.22. The van der Waals surface area contributed by atoms with Gasteiger partial charge in [-0.05, 0) is 80.9 Å². The quantitative estimate of drug-likeness (QED) is 0.572. The van der Waals surface area contributed by atoms with Gasteiger partial charge in [-0.25, -0.2) is 4.98 Å². The molecule has 1 saturated heterocycles. The zero-order valence-electron chi connectivity index (χ0n) is 18.1. The van der Waals surface area contributed by atoms with E-state index in [0.717, 1.165) is 36.0 Å². The topological polar surface area (TPSA) is 46.0 Å². The minimum atomic E-state index is 0.0231. The van der Waals surface area contributed by atoms with E-state index in [9.17, 15) is 0 Å². The molecule has 2 atom stereocenters. The molecule has 4 heterocycles. The van der Waals surface area contributed by atoms with Gasteiger partial charge in [0.05, 0.1) is 17.8 Å². The van der Waals surface area contributed by atoms with Crippen molar-refractivity contribution in [1.82, 2.24) is 24.8 Å². The average molecular weight is 420 g/mol. The monoisotopic (exact) mass is 419 g/mol. The van der Waals surface area contributed by atoms with Gasteiger partial charge in [0.1, 0.15) is 5.82 Å². The Morgan fingerprint density at radius 1 is 1.07 bits per heavy atom. The molecule has 0 aromatic carbocycles. The second-order valence-corrected chi connectivity index (χ2v) is 8.41. The van der Waals surface area contributed by atoms with Crippen molar-refractivity contribution in [2.24, 2.45) is 0 Å². The van der Waals surface area contributed by atoms with Crippen LogP contribution in [0.15, 0.2) is 48.8 Å². The molecule has 0 aliphatic carbocycles. The summed E-state index contributed by atoms with van der Waals surface area (Å²) in [5.41, 5.74) is 5.86. The van der Waals surface area contributed by atoms with E-state index >= 15 is 0 Å². The lowest BCUT2D eigenvalue weighted by atomic mass is 9.96. The van der Waals surface area contributed by atoms with E-state index in [2.05, 4.69) is 70.6 Å². The Kier molecular flexibility index (Phi) is 5.86. The van der Waals surface area contributed by atoms with Crippen LogP contribution in [0.4, 0.5) is 0 Å². The van der Waals surface area contributed by atoms with E-state index in [1.807, 2.05) is 30.6 Å². The maximum Gasteiger partial charge on any atom is 0.170 e. The van der Waals surface area contributed by atoms with E-state index in [1.165, 1.54) is 22.5 Å². The first-order valence-electron chi connectivity index (χ1n) is 10.6. The van der Waals surface area contributed by atoms with Crippen LogP contribution in [0, 0.1) is 20.8 Å². The highest BCUT2D eigenvalue weighted by molar-refractivity contribution is 7.80. The molecule has 0 radical (unpaired) electrons. The second kappa shape index (κ2) is 8.56. The molecule has 0 unspecified atom stereocenters. The number of hydrogen-bond donors (Lipinski definition) is 1. The molecular formula is C24H29N5S. The lowest BCUT2D eigenvalue weighted by Gasteiger charge is -2.28. The van der Waals surface area contributed by atoms with E-state index in [0.29, 0.717) is 0 Å². The molecule has 5 nitrogen and oxygen atoms in total. The largest absolute Gasteiger partial charge is 0.352 e. The molecule has 3 aromatic rings. The molecule has 4 rings (SSSR count). The number of aromatic nitrogens is 3. The van der Waals surface area contributed by atoms with Crippen molar-refractivity contribution in [2.75, 3.05) is 6.54 Å². The van der Waals surface area contributed by atoms with Gasteiger partial charge in [-0.1, -0.05) is 19.4 Å². The van der Waals surface area contributed by atoms with Crippen LogP contribution in [0.3, 0.4) is 0 Å². The first-order chi connectivity index (χ1) is 14.5. The Hall–Kier alpha value is -2.73. The maximum absolute atomic E-state index is 5.77. The molecule has 30 heavy (non-hydrogen) atoms. The van der Waals surface area contributed by atoms with Gasteiger partial charge >= 0.3 is 0 Å². The fraction of sp³-hybridized carbons (Fsp3) is 0.375.